The quantitative estimate of drug-likeness (QED) is 0.929. The first-order valence-electron chi connectivity index (χ1n) is 6.52. The Morgan fingerprint density at radius 1 is 1.44 bits per heavy atom. The summed E-state index contributed by atoms with van der Waals surface area (Å²) in [7, 11) is 2.11. The molecule has 0 aliphatic carbocycles. The molecule has 0 radical (unpaired) electrons. The summed E-state index contributed by atoms with van der Waals surface area (Å²) < 4.78 is 6.88. The van der Waals surface area contributed by atoms with Crippen molar-refractivity contribution in [3.63, 3.8) is 0 Å². The molecule has 4 heteroatoms. The summed E-state index contributed by atoms with van der Waals surface area (Å²) in [6.07, 6.45) is 4.02. The van der Waals surface area contributed by atoms with Gasteiger partial charge in [-0.1, -0.05) is 6.07 Å². The summed E-state index contributed by atoms with van der Waals surface area (Å²) >= 11 is 3.62. The van der Waals surface area contributed by atoms with E-state index >= 15 is 0 Å². The Bertz CT molecular complexity index is 391. The lowest BCUT2D eigenvalue weighted by molar-refractivity contribution is 0.0216. The van der Waals surface area contributed by atoms with Crippen LogP contribution in [0.15, 0.2) is 22.7 Å². The van der Waals surface area contributed by atoms with Gasteiger partial charge in [0, 0.05) is 31.2 Å². The number of hydrogen-bond acceptors (Lipinski definition) is 3. The zero-order valence-corrected chi connectivity index (χ0v) is 12.4. The van der Waals surface area contributed by atoms with E-state index in [2.05, 4.69) is 46.1 Å². The van der Waals surface area contributed by atoms with Gasteiger partial charge in [-0.2, -0.15) is 0 Å². The smallest absolute Gasteiger partial charge is 0.0749 e. The second-order valence-corrected chi connectivity index (χ2v) is 5.71. The molecule has 1 aromatic rings. The van der Waals surface area contributed by atoms with Crippen molar-refractivity contribution < 1.29 is 4.74 Å². The maximum absolute atomic E-state index is 5.78. The molecule has 3 nitrogen and oxygen atoms in total. The highest BCUT2D eigenvalue weighted by atomic mass is 79.9. The first-order chi connectivity index (χ1) is 8.70. The SMILES string of the molecule is CN(CC1CCCCO1)c1ccc(CN)cc1Br. The molecule has 1 atom stereocenters. The number of likely N-dealkylation sites (N-methyl/N-ethyl adjacent to an activating group) is 1. The predicted octanol–water partition coefficient (Wildman–Crippen LogP) is 2.91. The van der Waals surface area contributed by atoms with Gasteiger partial charge in [0.15, 0.2) is 0 Å². The highest BCUT2D eigenvalue weighted by Gasteiger charge is 2.17. The maximum Gasteiger partial charge on any atom is 0.0749 e. The van der Waals surface area contributed by atoms with Crippen LogP contribution in [0.1, 0.15) is 24.8 Å². The summed E-state index contributed by atoms with van der Waals surface area (Å²) in [4.78, 5) is 2.25. The minimum atomic E-state index is 0.366. The van der Waals surface area contributed by atoms with Crippen molar-refractivity contribution in [3.05, 3.63) is 28.2 Å². The Hall–Kier alpha value is -0.580. The summed E-state index contributed by atoms with van der Waals surface area (Å²) in [6, 6.07) is 6.29. The normalized spacial score (nSPS) is 19.8. The molecule has 2 rings (SSSR count). The molecule has 0 amide bonds. The Morgan fingerprint density at radius 3 is 2.89 bits per heavy atom. The molecule has 0 bridgehead atoms. The van der Waals surface area contributed by atoms with E-state index in [0.29, 0.717) is 12.6 Å². The van der Waals surface area contributed by atoms with Crippen molar-refractivity contribution in [2.45, 2.75) is 31.9 Å². The molecular weight excluding hydrogens is 292 g/mol. The number of nitrogens with two attached hydrogens (primary N) is 1. The molecule has 0 saturated carbocycles. The van der Waals surface area contributed by atoms with Gasteiger partial charge in [-0.3, -0.25) is 0 Å². The van der Waals surface area contributed by atoms with Crippen LogP contribution in [-0.2, 0) is 11.3 Å². The molecule has 0 aromatic heterocycles. The lowest BCUT2D eigenvalue weighted by Gasteiger charge is -2.29. The summed E-state index contributed by atoms with van der Waals surface area (Å²) in [5.41, 5.74) is 7.98. The Kier molecular flexibility index (Phi) is 5.03. The standard InChI is InChI=1S/C14H21BrN2O/c1-17(10-12-4-2-3-7-18-12)14-6-5-11(9-16)8-13(14)15/h5-6,8,12H,2-4,7,9-10,16H2,1H3. The van der Waals surface area contributed by atoms with Gasteiger partial charge < -0.3 is 15.4 Å². The lowest BCUT2D eigenvalue weighted by Crippen LogP contribution is -2.33. The van der Waals surface area contributed by atoms with Crippen molar-refractivity contribution in [2.75, 3.05) is 25.1 Å². The van der Waals surface area contributed by atoms with Gasteiger partial charge in [0.2, 0.25) is 0 Å². The van der Waals surface area contributed by atoms with Crippen LogP contribution in [0.25, 0.3) is 0 Å². The molecule has 1 aliphatic rings. The molecule has 100 valence electrons. The average Bonchev–Trinajstić information content (AvgIpc) is 2.39. The maximum atomic E-state index is 5.78. The molecule has 1 aromatic carbocycles. The highest BCUT2D eigenvalue weighted by molar-refractivity contribution is 9.10. The number of anilines is 1. The van der Waals surface area contributed by atoms with Crippen molar-refractivity contribution in [2.24, 2.45) is 5.73 Å². The van der Waals surface area contributed by atoms with E-state index in [1.807, 2.05) is 0 Å². The minimum Gasteiger partial charge on any atom is -0.376 e. The predicted molar refractivity (Wildman–Crippen MR) is 78.9 cm³/mol. The number of ether oxygens (including phenoxy) is 1. The molecule has 18 heavy (non-hydrogen) atoms. The van der Waals surface area contributed by atoms with Crippen molar-refractivity contribution in [1.29, 1.82) is 0 Å². The second kappa shape index (κ2) is 6.55. The third-order valence-corrected chi connectivity index (χ3v) is 4.05. The number of benzene rings is 1. The van der Waals surface area contributed by atoms with E-state index in [1.54, 1.807) is 0 Å². The average molecular weight is 313 g/mol. The summed E-state index contributed by atoms with van der Waals surface area (Å²) in [5.74, 6) is 0. The van der Waals surface area contributed by atoms with E-state index in [0.717, 1.165) is 23.2 Å². The Morgan fingerprint density at radius 2 is 2.28 bits per heavy atom. The fourth-order valence-corrected chi connectivity index (χ4v) is 3.07. The molecule has 1 saturated heterocycles. The van der Waals surface area contributed by atoms with Crippen molar-refractivity contribution in [3.8, 4) is 0 Å². The van der Waals surface area contributed by atoms with E-state index in [4.69, 9.17) is 10.5 Å². The van der Waals surface area contributed by atoms with Crippen molar-refractivity contribution in [1.82, 2.24) is 0 Å². The summed E-state index contributed by atoms with van der Waals surface area (Å²) in [6.45, 7) is 2.43. The monoisotopic (exact) mass is 312 g/mol. The largest absolute Gasteiger partial charge is 0.376 e. The zero-order chi connectivity index (χ0) is 13.0. The van der Waals surface area contributed by atoms with Gasteiger partial charge in [-0.25, -0.2) is 0 Å². The molecule has 1 fully saturated rings. The molecule has 0 spiro atoms. The van der Waals surface area contributed by atoms with Crippen LogP contribution in [0.5, 0.6) is 0 Å². The third-order valence-electron chi connectivity index (χ3n) is 3.41. The first-order valence-corrected chi connectivity index (χ1v) is 7.31. The number of halogens is 1. The molecule has 1 unspecified atom stereocenters. The molecule has 1 aliphatic heterocycles. The van der Waals surface area contributed by atoms with Gasteiger partial charge >= 0.3 is 0 Å². The fraction of sp³-hybridized carbons (Fsp3) is 0.571. The van der Waals surface area contributed by atoms with E-state index < -0.39 is 0 Å². The number of hydrogen-bond donors (Lipinski definition) is 1. The van der Waals surface area contributed by atoms with Crippen molar-refractivity contribution >= 4 is 21.6 Å². The lowest BCUT2D eigenvalue weighted by atomic mass is 10.1. The second-order valence-electron chi connectivity index (χ2n) is 4.86. The highest BCUT2D eigenvalue weighted by Crippen LogP contribution is 2.27. The van der Waals surface area contributed by atoms with Crippen LogP contribution in [0, 0.1) is 0 Å². The van der Waals surface area contributed by atoms with Gasteiger partial charge in [-0.05, 0) is 52.9 Å². The number of rotatable bonds is 4. The Balaban J connectivity index is 2.01. The van der Waals surface area contributed by atoms with E-state index in [1.165, 1.54) is 24.9 Å². The fourth-order valence-electron chi connectivity index (χ4n) is 2.34. The third kappa shape index (κ3) is 3.46. The van der Waals surface area contributed by atoms with Crippen LogP contribution in [0.2, 0.25) is 0 Å². The summed E-state index contributed by atoms with van der Waals surface area (Å²) in [5, 5.41) is 0. The van der Waals surface area contributed by atoms with Crippen LogP contribution in [0.3, 0.4) is 0 Å². The molecule has 1 heterocycles. The zero-order valence-electron chi connectivity index (χ0n) is 10.9. The number of nitrogens with zero attached hydrogens (tertiary/aromatic N) is 1. The van der Waals surface area contributed by atoms with Crippen LogP contribution < -0.4 is 10.6 Å². The topological polar surface area (TPSA) is 38.5 Å². The molecular formula is C14H21BrN2O. The Labute approximate surface area is 117 Å². The molecule has 2 N–H and O–H groups in total. The minimum absolute atomic E-state index is 0.366. The van der Waals surface area contributed by atoms with E-state index in [9.17, 15) is 0 Å². The van der Waals surface area contributed by atoms with Crippen LogP contribution >= 0.6 is 15.9 Å². The van der Waals surface area contributed by atoms with Crippen LogP contribution in [0.4, 0.5) is 5.69 Å². The van der Waals surface area contributed by atoms with Gasteiger partial charge in [0.05, 0.1) is 11.8 Å². The van der Waals surface area contributed by atoms with Crippen LogP contribution in [-0.4, -0.2) is 26.3 Å². The van der Waals surface area contributed by atoms with Gasteiger partial charge in [-0.15, -0.1) is 0 Å². The van der Waals surface area contributed by atoms with E-state index in [-0.39, 0.29) is 0 Å². The first kappa shape index (κ1) is 13.8. The van der Waals surface area contributed by atoms with Gasteiger partial charge in [0.1, 0.15) is 0 Å². The van der Waals surface area contributed by atoms with Gasteiger partial charge in [0.25, 0.3) is 0 Å².